The number of ether oxygens (including phenoxy) is 1. The van der Waals surface area contributed by atoms with Gasteiger partial charge in [0.2, 0.25) is 0 Å². The molecule has 0 spiro atoms. The Morgan fingerprint density at radius 3 is 2.52 bits per heavy atom. The number of sulfonamides is 1. The number of anilines is 2. The van der Waals surface area contributed by atoms with Crippen LogP contribution in [-0.2, 0) is 26.0 Å². The van der Waals surface area contributed by atoms with Crippen molar-refractivity contribution in [3.63, 3.8) is 0 Å². The molecule has 0 aliphatic rings. The van der Waals surface area contributed by atoms with Crippen molar-refractivity contribution >= 4 is 27.4 Å². The molecule has 0 saturated heterocycles. The summed E-state index contributed by atoms with van der Waals surface area (Å²) in [5, 5.41) is 0. The molecule has 0 unspecified atom stereocenters. The van der Waals surface area contributed by atoms with E-state index in [1.807, 2.05) is 6.92 Å². The van der Waals surface area contributed by atoms with Gasteiger partial charge in [0.1, 0.15) is 0 Å². The van der Waals surface area contributed by atoms with Gasteiger partial charge >= 0.3 is 5.97 Å². The summed E-state index contributed by atoms with van der Waals surface area (Å²) in [5.74, 6) is -0.349. The second-order valence-corrected chi connectivity index (χ2v) is 7.27. The monoisotopic (exact) mass is 362 g/mol. The van der Waals surface area contributed by atoms with Crippen LogP contribution in [0.15, 0.2) is 53.4 Å². The van der Waals surface area contributed by atoms with E-state index in [9.17, 15) is 13.2 Å². The lowest BCUT2D eigenvalue weighted by Crippen LogP contribution is -2.14. The number of unbranched alkanes of at least 4 members (excludes halogenated alkanes) is 1. The van der Waals surface area contributed by atoms with Gasteiger partial charge in [-0.3, -0.25) is 9.52 Å². The highest BCUT2D eigenvalue weighted by Crippen LogP contribution is 2.22. The van der Waals surface area contributed by atoms with Crippen LogP contribution in [0, 0.1) is 0 Å². The first kappa shape index (κ1) is 18.8. The third-order valence-corrected chi connectivity index (χ3v) is 4.94. The molecule has 7 heteroatoms. The number of rotatable bonds is 8. The van der Waals surface area contributed by atoms with Crippen molar-refractivity contribution in [1.29, 1.82) is 0 Å². The van der Waals surface area contributed by atoms with Crippen LogP contribution < -0.4 is 10.5 Å². The summed E-state index contributed by atoms with van der Waals surface area (Å²) in [5.41, 5.74) is 7.21. The van der Waals surface area contributed by atoms with E-state index < -0.39 is 10.0 Å². The van der Waals surface area contributed by atoms with Crippen molar-refractivity contribution in [2.45, 2.75) is 31.1 Å². The van der Waals surface area contributed by atoms with E-state index in [1.165, 1.54) is 18.2 Å². The average Bonchev–Trinajstić information content (AvgIpc) is 2.58. The van der Waals surface area contributed by atoms with Gasteiger partial charge in [-0.25, -0.2) is 8.42 Å². The predicted octanol–water partition coefficient (Wildman–Crippen LogP) is 2.96. The van der Waals surface area contributed by atoms with Crippen LogP contribution in [0.4, 0.5) is 11.4 Å². The minimum Gasteiger partial charge on any atom is -0.465 e. The maximum absolute atomic E-state index is 12.3. The SMILES string of the molecule is CCCCOC(=O)Cc1ccc(NS(=O)(=O)c2ccccc2)cc1N. The molecule has 0 heterocycles. The number of hydrogen-bond acceptors (Lipinski definition) is 5. The van der Waals surface area contributed by atoms with Crippen LogP contribution >= 0.6 is 0 Å². The highest BCUT2D eigenvalue weighted by molar-refractivity contribution is 7.92. The Morgan fingerprint density at radius 2 is 1.88 bits per heavy atom. The maximum Gasteiger partial charge on any atom is 0.310 e. The fourth-order valence-electron chi connectivity index (χ4n) is 2.17. The van der Waals surface area contributed by atoms with E-state index in [-0.39, 0.29) is 17.3 Å². The molecule has 0 saturated carbocycles. The molecule has 0 fully saturated rings. The van der Waals surface area contributed by atoms with Crippen LogP contribution in [0.3, 0.4) is 0 Å². The Balaban J connectivity index is 2.05. The summed E-state index contributed by atoms with van der Waals surface area (Å²) in [6, 6.07) is 12.7. The van der Waals surface area contributed by atoms with Gasteiger partial charge in [0.05, 0.1) is 23.6 Å². The van der Waals surface area contributed by atoms with Gasteiger partial charge in [-0.2, -0.15) is 0 Å². The largest absolute Gasteiger partial charge is 0.465 e. The molecular weight excluding hydrogens is 340 g/mol. The van der Waals surface area contributed by atoms with Gasteiger partial charge in [-0.1, -0.05) is 37.6 Å². The predicted molar refractivity (Wildman–Crippen MR) is 97.7 cm³/mol. The highest BCUT2D eigenvalue weighted by Gasteiger charge is 2.15. The van der Waals surface area contributed by atoms with Gasteiger partial charge < -0.3 is 10.5 Å². The lowest BCUT2D eigenvalue weighted by molar-refractivity contribution is -0.142. The summed E-state index contributed by atoms with van der Waals surface area (Å²) in [6.45, 7) is 2.41. The van der Waals surface area contributed by atoms with Crippen molar-refractivity contribution in [1.82, 2.24) is 0 Å². The number of nitrogens with two attached hydrogens (primary N) is 1. The second kappa shape index (κ2) is 8.53. The molecule has 3 N–H and O–H groups in total. The number of carbonyl (C=O) groups excluding carboxylic acids is 1. The van der Waals surface area contributed by atoms with Gasteiger partial charge in [0, 0.05) is 5.69 Å². The molecule has 0 aliphatic heterocycles. The smallest absolute Gasteiger partial charge is 0.310 e. The zero-order valence-corrected chi connectivity index (χ0v) is 14.9. The van der Waals surface area contributed by atoms with E-state index in [4.69, 9.17) is 10.5 Å². The molecule has 0 bridgehead atoms. The first-order chi connectivity index (χ1) is 11.9. The molecule has 0 aromatic heterocycles. The highest BCUT2D eigenvalue weighted by atomic mass is 32.2. The molecule has 0 amide bonds. The number of benzene rings is 2. The zero-order valence-electron chi connectivity index (χ0n) is 14.1. The fraction of sp³-hybridized carbons (Fsp3) is 0.278. The molecule has 2 aromatic carbocycles. The maximum atomic E-state index is 12.3. The summed E-state index contributed by atoms with van der Waals surface area (Å²) in [4.78, 5) is 11.9. The van der Waals surface area contributed by atoms with Crippen molar-refractivity contribution in [3.05, 3.63) is 54.1 Å². The van der Waals surface area contributed by atoms with Crippen LogP contribution in [0.5, 0.6) is 0 Å². The number of esters is 1. The normalized spacial score (nSPS) is 11.1. The zero-order chi connectivity index (χ0) is 18.3. The van der Waals surface area contributed by atoms with Crippen molar-refractivity contribution < 1.29 is 17.9 Å². The quantitative estimate of drug-likeness (QED) is 0.427. The molecule has 0 aliphatic carbocycles. The lowest BCUT2D eigenvalue weighted by atomic mass is 10.1. The Morgan fingerprint density at radius 1 is 1.16 bits per heavy atom. The Labute approximate surface area is 148 Å². The summed E-state index contributed by atoms with van der Waals surface area (Å²) >= 11 is 0. The van der Waals surface area contributed by atoms with Crippen molar-refractivity contribution in [3.8, 4) is 0 Å². The second-order valence-electron chi connectivity index (χ2n) is 5.58. The van der Waals surface area contributed by atoms with Gasteiger partial charge in [0.15, 0.2) is 0 Å². The minimum absolute atomic E-state index is 0.0568. The van der Waals surface area contributed by atoms with Crippen LogP contribution in [0.25, 0.3) is 0 Å². The topological polar surface area (TPSA) is 98.5 Å². The van der Waals surface area contributed by atoms with E-state index in [0.717, 1.165) is 12.8 Å². The molecule has 2 aromatic rings. The van der Waals surface area contributed by atoms with Crippen molar-refractivity contribution in [2.24, 2.45) is 0 Å². The third kappa shape index (κ3) is 5.49. The molecular formula is C18H22N2O4S. The van der Waals surface area contributed by atoms with Gasteiger partial charge in [0.25, 0.3) is 10.0 Å². The molecule has 25 heavy (non-hydrogen) atoms. The van der Waals surface area contributed by atoms with E-state index in [1.54, 1.807) is 30.3 Å². The third-order valence-electron chi connectivity index (χ3n) is 3.55. The van der Waals surface area contributed by atoms with Crippen LogP contribution in [0.1, 0.15) is 25.3 Å². The fourth-order valence-corrected chi connectivity index (χ4v) is 3.24. The minimum atomic E-state index is -3.68. The standard InChI is InChI=1S/C18H22N2O4S/c1-2-3-11-24-18(21)12-14-9-10-15(13-17(14)19)20-25(22,23)16-7-5-4-6-8-16/h4-10,13,20H,2-3,11-12,19H2,1H3. The summed E-state index contributed by atoms with van der Waals surface area (Å²) in [6.07, 6.45) is 1.83. The van der Waals surface area contributed by atoms with E-state index in [2.05, 4.69) is 4.72 Å². The summed E-state index contributed by atoms with van der Waals surface area (Å²) < 4.78 is 32.2. The van der Waals surface area contributed by atoms with Crippen molar-refractivity contribution in [2.75, 3.05) is 17.1 Å². The number of carbonyl (C=O) groups is 1. The number of hydrogen-bond donors (Lipinski definition) is 2. The van der Waals surface area contributed by atoms with Crippen LogP contribution in [-0.4, -0.2) is 21.0 Å². The van der Waals surface area contributed by atoms with E-state index in [0.29, 0.717) is 23.5 Å². The average molecular weight is 362 g/mol. The molecule has 134 valence electrons. The number of nitrogens with one attached hydrogen (secondary N) is 1. The first-order valence-electron chi connectivity index (χ1n) is 8.04. The summed E-state index contributed by atoms with van der Waals surface area (Å²) in [7, 11) is -3.68. The van der Waals surface area contributed by atoms with Gasteiger partial charge in [-0.05, 0) is 36.2 Å². The Kier molecular flexibility index (Phi) is 6.41. The Hall–Kier alpha value is -2.54. The number of nitrogen functional groups attached to an aromatic ring is 1. The van der Waals surface area contributed by atoms with E-state index >= 15 is 0 Å². The molecule has 2 rings (SSSR count). The Bertz CT molecular complexity index is 820. The molecule has 0 atom stereocenters. The molecule has 6 nitrogen and oxygen atoms in total. The van der Waals surface area contributed by atoms with Crippen LogP contribution in [0.2, 0.25) is 0 Å². The first-order valence-corrected chi connectivity index (χ1v) is 9.52. The molecule has 0 radical (unpaired) electrons. The lowest BCUT2D eigenvalue weighted by Gasteiger charge is -2.11. The van der Waals surface area contributed by atoms with Gasteiger partial charge in [-0.15, -0.1) is 0 Å².